The van der Waals surface area contributed by atoms with E-state index in [9.17, 15) is 0 Å². The number of aryl methyl sites for hydroxylation is 1. The summed E-state index contributed by atoms with van der Waals surface area (Å²) >= 11 is 0. The van der Waals surface area contributed by atoms with Crippen molar-refractivity contribution in [3.05, 3.63) is 163 Å². The molecule has 0 unspecified atom stereocenters. The fraction of sp³-hybridized carbons (Fsp3) is 0.100. The van der Waals surface area contributed by atoms with Crippen LogP contribution in [0, 0.1) is 6.92 Å². The molecule has 0 spiro atoms. The number of para-hydroxylation sites is 2. The summed E-state index contributed by atoms with van der Waals surface area (Å²) in [6, 6.07) is 43.3. The van der Waals surface area contributed by atoms with Crippen LogP contribution in [0.15, 0.2) is 152 Å². The molecule has 6 nitrogen and oxygen atoms in total. The van der Waals surface area contributed by atoms with Gasteiger partial charge in [-0.25, -0.2) is 9.97 Å². The van der Waals surface area contributed by atoms with Crippen LogP contribution in [-0.4, -0.2) is 19.1 Å². The summed E-state index contributed by atoms with van der Waals surface area (Å²) in [5.41, 5.74) is 8.55. The normalized spacial score (nSPS) is 11.1. The molecular formula is C40H35N5O. The van der Waals surface area contributed by atoms with Crippen LogP contribution in [0.2, 0.25) is 0 Å². The molecule has 5 aromatic carbocycles. The molecule has 0 fully saturated rings. The van der Waals surface area contributed by atoms with Gasteiger partial charge in [0.1, 0.15) is 11.5 Å². The molecule has 0 aliphatic rings. The van der Waals surface area contributed by atoms with Gasteiger partial charge in [0.25, 0.3) is 0 Å². The van der Waals surface area contributed by atoms with Crippen LogP contribution >= 0.6 is 0 Å². The summed E-state index contributed by atoms with van der Waals surface area (Å²) in [5, 5.41) is 0. The van der Waals surface area contributed by atoms with Crippen molar-refractivity contribution in [2.45, 2.75) is 26.7 Å². The second-order valence-electron chi connectivity index (χ2n) is 11.6. The van der Waals surface area contributed by atoms with Crippen molar-refractivity contribution in [1.29, 1.82) is 0 Å². The monoisotopic (exact) mass is 601 g/mol. The van der Waals surface area contributed by atoms with Crippen molar-refractivity contribution in [1.82, 2.24) is 19.1 Å². The van der Waals surface area contributed by atoms with Gasteiger partial charge in [-0.3, -0.25) is 9.47 Å². The van der Waals surface area contributed by atoms with Gasteiger partial charge >= 0.3 is 0 Å². The highest BCUT2D eigenvalue weighted by atomic mass is 16.5. The summed E-state index contributed by atoms with van der Waals surface area (Å²) in [5.74, 6) is 2.64. The predicted octanol–water partition coefficient (Wildman–Crippen LogP) is 10.4. The molecule has 0 amide bonds. The molecule has 0 saturated carbocycles. The van der Waals surface area contributed by atoms with E-state index in [0.29, 0.717) is 5.92 Å². The van der Waals surface area contributed by atoms with Crippen molar-refractivity contribution >= 4 is 17.3 Å². The Morgan fingerprint density at radius 3 is 2.20 bits per heavy atom. The van der Waals surface area contributed by atoms with Crippen molar-refractivity contribution < 1.29 is 4.74 Å². The second kappa shape index (κ2) is 12.6. The van der Waals surface area contributed by atoms with Crippen molar-refractivity contribution in [3.8, 4) is 34.1 Å². The number of rotatable bonds is 9. The fourth-order valence-corrected chi connectivity index (χ4v) is 5.72. The Kier molecular flexibility index (Phi) is 7.92. The summed E-state index contributed by atoms with van der Waals surface area (Å²) in [4.78, 5) is 11.7. The van der Waals surface area contributed by atoms with E-state index in [1.807, 2.05) is 91.5 Å². The predicted molar refractivity (Wildman–Crippen MR) is 186 cm³/mol. The Morgan fingerprint density at radius 2 is 1.41 bits per heavy atom. The van der Waals surface area contributed by atoms with Crippen molar-refractivity contribution in [2.24, 2.45) is 0 Å². The second-order valence-corrected chi connectivity index (χ2v) is 11.6. The first-order chi connectivity index (χ1) is 22.5. The minimum Gasteiger partial charge on any atom is -0.457 e. The van der Waals surface area contributed by atoms with Gasteiger partial charge in [-0.15, -0.1) is 0 Å². The highest BCUT2D eigenvalue weighted by Gasteiger charge is 2.19. The third-order valence-corrected chi connectivity index (χ3v) is 7.98. The van der Waals surface area contributed by atoms with Crippen LogP contribution in [-0.2, 0) is 0 Å². The van der Waals surface area contributed by atoms with E-state index in [1.165, 1.54) is 11.1 Å². The van der Waals surface area contributed by atoms with Gasteiger partial charge in [0.05, 0.1) is 17.7 Å². The van der Waals surface area contributed by atoms with Crippen molar-refractivity contribution in [3.63, 3.8) is 0 Å². The Morgan fingerprint density at radius 1 is 0.696 bits per heavy atom. The SMILES string of the molecule is Cc1ccc(-n2cnc(-c3cccc(Oc4cccc(N(c5ccccc5)c5nccn5-c5ccccc5)c4)c3)c2)c(C(C)C)c1. The minimum absolute atomic E-state index is 0.407. The molecule has 0 atom stereocenters. The first-order valence-electron chi connectivity index (χ1n) is 15.5. The van der Waals surface area contributed by atoms with E-state index in [-0.39, 0.29) is 0 Å². The summed E-state index contributed by atoms with van der Waals surface area (Å²) in [6.45, 7) is 6.58. The quantitative estimate of drug-likeness (QED) is 0.165. The van der Waals surface area contributed by atoms with Gasteiger partial charge in [-0.1, -0.05) is 86.1 Å². The lowest BCUT2D eigenvalue weighted by atomic mass is 9.99. The molecule has 0 radical (unpaired) electrons. The average molecular weight is 602 g/mol. The van der Waals surface area contributed by atoms with Crippen LogP contribution in [0.25, 0.3) is 22.6 Å². The first kappa shape index (κ1) is 28.9. The number of hydrogen-bond acceptors (Lipinski definition) is 4. The Balaban J connectivity index is 1.19. The molecule has 46 heavy (non-hydrogen) atoms. The maximum atomic E-state index is 6.47. The minimum atomic E-state index is 0.407. The maximum absolute atomic E-state index is 6.47. The van der Waals surface area contributed by atoms with E-state index in [4.69, 9.17) is 14.7 Å². The number of aromatic nitrogens is 4. The Labute approximate surface area is 269 Å². The van der Waals surface area contributed by atoms with Gasteiger partial charge in [0, 0.05) is 47.3 Å². The lowest BCUT2D eigenvalue weighted by Gasteiger charge is -2.25. The highest BCUT2D eigenvalue weighted by Crippen LogP contribution is 2.37. The molecule has 0 bridgehead atoms. The number of anilines is 3. The molecule has 0 aliphatic carbocycles. The number of benzene rings is 5. The number of hydrogen-bond donors (Lipinski definition) is 0. The molecule has 2 aromatic heterocycles. The van der Waals surface area contributed by atoms with E-state index in [1.54, 1.807) is 0 Å². The lowest BCUT2D eigenvalue weighted by Crippen LogP contribution is -2.15. The molecule has 0 N–H and O–H groups in total. The van der Waals surface area contributed by atoms with E-state index in [0.717, 1.165) is 51.5 Å². The zero-order valence-corrected chi connectivity index (χ0v) is 26.2. The third-order valence-electron chi connectivity index (χ3n) is 7.98. The maximum Gasteiger partial charge on any atom is 0.219 e. The topological polar surface area (TPSA) is 48.1 Å². The largest absolute Gasteiger partial charge is 0.457 e. The molecule has 0 aliphatic heterocycles. The molecule has 7 aromatic rings. The summed E-state index contributed by atoms with van der Waals surface area (Å²) in [6.07, 6.45) is 7.79. The number of imidazole rings is 2. The standard InChI is InChI=1S/C40H35N5O/c1-29(2)37-24-30(3)20-21-39(37)43-27-38(42-28-43)31-12-10-18-35(25-31)46-36-19-11-17-34(26-36)45(33-15-8-5-9-16-33)40-41-22-23-44(40)32-13-6-4-7-14-32/h4-29H,1-3H3. The van der Waals surface area contributed by atoms with Crippen LogP contribution < -0.4 is 9.64 Å². The zero-order valence-electron chi connectivity index (χ0n) is 26.2. The van der Waals surface area contributed by atoms with Gasteiger partial charge < -0.3 is 9.30 Å². The highest BCUT2D eigenvalue weighted by molar-refractivity contribution is 5.74. The van der Waals surface area contributed by atoms with Crippen LogP contribution in [0.1, 0.15) is 30.9 Å². The van der Waals surface area contributed by atoms with E-state index < -0.39 is 0 Å². The molecule has 7 rings (SSSR count). The third kappa shape index (κ3) is 5.93. The molecule has 6 heteroatoms. The van der Waals surface area contributed by atoms with Gasteiger partial charge in [0.2, 0.25) is 5.95 Å². The van der Waals surface area contributed by atoms with Crippen LogP contribution in [0.5, 0.6) is 11.5 Å². The van der Waals surface area contributed by atoms with Crippen LogP contribution in [0.3, 0.4) is 0 Å². The summed E-state index contributed by atoms with van der Waals surface area (Å²) < 4.78 is 10.7. The fourth-order valence-electron chi connectivity index (χ4n) is 5.72. The summed E-state index contributed by atoms with van der Waals surface area (Å²) in [7, 11) is 0. The van der Waals surface area contributed by atoms with E-state index in [2.05, 4.69) is 95.6 Å². The van der Waals surface area contributed by atoms with Crippen LogP contribution in [0.4, 0.5) is 17.3 Å². The lowest BCUT2D eigenvalue weighted by molar-refractivity contribution is 0.483. The van der Waals surface area contributed by atoms with Gasteiger partial charge in [0.15, 0.2) is 0 Å². The van der Waals surface area contributed by atoms with Crippen molar-refractivity contribution in [2.75, 3.05) is 4.90 Å². The molecule has 2 heterocycles. The van der Waals surface area contributed by atoms with Gasteiger partial charge in [-0.2, -0.15) is 0 Å². The van der Waals surface area contributed by atoms with E-state index >= 15 is 0 Å². The molecule has 226 valence electrons. The number of ether oxygens (including phenoxy) is 1. The molecule has 0 saturated heterocycles. The Hall–Kier alpha value is -5.88. The average Bonchev–Trinajstić information content (AvgIpc) is 3.77. The molecular weight excluding hydrogens is 566 g/mol. The first-order valence-corrected chi connectivity index (χ1v) is 15.5. The smallest absolute Gasteiger partial charge is 0.219 e. The Bertz CT molecular complexity index is 2080. The zero-order chi connectivity index (χ0) is 31.5. The van der Waals surface area contributed by atoms with Gasteiger partial charge in [-0.05, 0) is 73.0 Å². The number of nitrogens with zero attached hydrogens (tertiary/aromatic N) is 5.